The van der Waals surface area contributed by atoms with Crippen LogP contribution in [0.4, 0.5) is 5.69 Å². The molecule has 0 saturated carbocycles. The molecule has 1 aromatic carbocycles. The van der Waals surface area contributed by atoms with Crippen LogP contribution >= 0.6 is 0 Å². The number of nitrogen functional groups attached to an aromatic ring is 1. The Morgan fingerprint density at radius 2 is 1.83 bits per heavy atom. The van der Waals surface area contributed by atoms with Crippen molar-refractivity contribution in [2.45, 2.75) is 20.0 Å². The van der Waals surface area contributed by atoms with E-state index in [-0.39, 0.29) is 0 Å². The Morgan fingerprint density at radius 1 is 1.17 bits per heavy atom. The molecule has 0 spiro atoms. The number of hydrogen-bond acceptors (Lipinski definition) is 3. The fraction of sp³-hybridized carbons (Fsp3) is 0.357. The number of benzene rings is 1. The van der Waals surface area contributed by atoms with E-state index in [0.29, 0.717) is 0 Å². The second-order valence-corrected chi connectivity index (χ2v) is 4.57. The van der Waals surface area contributed by atoms with Crippen LogP contribution in [0.25, 0.3) is 0 Å². The summed E-state index contributed by atoms with van der Waals surface area (Å²) in [6.07, 6.45) is 3.98. The van der Waals surface area contributed by atoms with Crippen LogP contribution in [0.1, 0.15) is 18.1 Å². The van der Waals surface area contributed by atoms with Gasteiger partial charge in [-0.3, -0.25) is 9.58 Å². The maximum Gasteiger partial charge on any atom is 0.0534 e. The van der Waals surface area contributed by atoms with E-state index < -0.39 is 0 Å². The molecule has 0 amide bonds. The fourth-order valence-corrected chi connectivity index (χ4v) is 1.97. The zero-order valence-electron chi connectivity index (χ0n) is 11.0. The van der Waals surface area contributed by atoms with Crippen LogP contribution in [-0.4, -0.2) is 21.2 Å². The van der Waals surface area contributed by atoms with Gasteiger partial charge in [0.25, 0.3) is 0 Å². The molecule has 0 atom stereocenters. The third kappa shape index (κ3) is 3.34. The van der Waals surface area contributed by atoms with Gasteiger partial charge in [0.15, 0.2) is 0 Å². The second-order valence-electron chi connectivity index (χ2n) is 4.57. The molecule has 4 nitrogen and oxygen atoms in total. The predicted molar refractivity (Wildman–Crippen MR) is 73.9 cm³/mol. The maximum absolute atomic E-state index is 5.69. The molecule has 18 heavy (non-hydrogen) atoms. The number of aryl methyl sites for hydroxylation is 1. The van der Waals surface area contributed by atoms with Gasteiger partial charge >= 0.3 is 0 Å². The topological polar surface area (TPSA) is 47.1 Å². The molecule has 2 rings (SSSR count). The first-order chi connectivity index (χ1) is 8.67. The summed E-state index contributed by atoms with van der Waals surface area (Å²) in [7, 11) is 1.94. The van der Waals surface area contributed by atoms with Gasteiger partial charge in [-0.15, -0.1) is 0 Å². The molecule has 0 unspecified atom stereocenters. The Kier molecular flexibility index (Phi) is 3.99. The molecule has 4 heteroatoms. The Morgan fingerprint density at radius 3 is 2.39 bits per heavy atom. The Bertz CT molecular complexity index is 487. The van der Waals surface area contributed by atoms with Crippen molar-refractivity contribution in [1.82, 2.24) is 14.7 Å². The van der Waals surface area contributed by atoms with Gasteiger partial charge in [0, 0.05) is 37.6 Å². The number of rotatable bonds is 5. The lowest BCUT2D eigenvalue weighted by molar-refractivity contribution is 0.271. The van der Waals surface area contributed by atoms with Crippen LogP contribution in [0.5, 0.6) is 0 Å². The van der Waals surface area contributed by atoms with Crippen molar-refractivity contribution in [2.75, 3.05) is 12.3 Å². The highest BCUT2D eigenvalue weighted by Crippen LogP contribution is 2.11. The monoisotopic (exact) mass is 244 g/mol. The molecule has 0 aliphatic carbocycles. The van der Waals surface area contributed by atoms with Crippen molar-refractivity contribution in [1.29, 1.82) is 0 Å². The summed E-state index contributed by atoms with van der Waals surface area (Å²) in [5.41, 5.74) is 9.04. The van der Waals surface area contributed by atoms with Crippen LogP contribution in [0.15, 0.2) is 36.7 Å². The molecule has 0 aliphatic heterocycles. The van der Waals surface area contributed by atoms with E-state index in [1.165, 1.54) is 11.1 Å². The largest absolute Gasteiger partial charge is 0.399 e. The lowest BCUT2D eigenvalue weighted by Gasteiger charge is -2.19. The van der Waals surface area contributed by atoms with E-state index in [4.69, 9.17) is 5.73 Å². The van der Waals surface area contributed by atoms with Crippen LogP contribution < -0.4 is 5.73 Å². The zero-order valence-corrected chi connectivity index (χ0v) is 11.0. The van der Waals surface area contributed by atoms with Crippen LogP contribution in [0.3, 0.4) is 0 Å². The Hall–Kier alpha value is -1.81. The van der Waals surface area contributed by atoms with Gasteiger partial charge in [-0.05, 0) is 24.2 Å². The molecule has 0 radical (unpaired) electrons. The number of nitrogens with zero attached hydrogens (tertiary/aromatic N) is 3. The molecule has 0 aliphatic rings. The minimum absolute atomic E-state index is 0.814. The van der Waals surface area contributed by atoms with E-state index in [0.717, 1.165) is 25.3 Å². The maximum atomic E-state index is 5.69. The Balaban J connectivity index is 1.99. The third-order valence-electron chi connectivity index (χ3n) is 3.00. The summed E-state index contributed by atoms with van der Waals surface area (Å²) in [6.45, 7) is 5.05. The van der Waals surface area contributed by atoms with Crippen LogP contribution in [-0.2, 0) is 20.1 Å². The molecule has 0 saturated heterocycles. The molecule has 1 aromatic heterocycles. The quantitative estimate of drug-likeness (QED) is 0.819. The van der Waals surface area contributed by atoms with Gasteiger partial charge < -0.3 is 5.73 Å². The predicted octanol–water partition coefficient (Wildman–Crippen LogP) is 2.02. The number of nitrogens with two attached hydrogens (primary N) is 1. The SMILES string of the molecule is CCN(Cc1ccc(N)cc1)Cc1cnn(C)c1. The summed E-state index contributed by atoms with van der Waals surface area (Å²) in [5, 5.41) is 4.20. The summed E-state index contributed by atoms with van der Waals surface area (Å²) in [6, 6.07) is 8.07. The lowest BCUT2D eigenvalue weighted by atomic mass is 10.2. The van der Waals surface area contributed by atoms with E-state index in [1.807, 2.05) is 30.1 Å². The number of aromatic nitrogens is 2. The fourth-order valence-electron chi connectivity index (χ4n) is 1.97. The Labute approximate surface area is 108 Å². The van der Waals surface area contributed by atoms with Gasteiger partial charge in [0.2, 0.25) is 0 Å². The van der Waals surface area contributed by atoms with Gasteiger partial charge in [-0.1, -0.05) is 19.1 Å². The molecular weight excluding hydrogens is 224 g/mol. The summed E-state index contributed by atoms with van der Waals surface area (Å²) < 4.78 is 1.84. The molecule has 0 bridgehead atoms. The van der Waals surface area contributed by atoms with Gasteiger partial charge in [0.1, 0.15) is 0 Å². The first-order valence-electron chi connectivity index (χ1n) is 6.21. The first kappa shape index (κ1) is 12.6. The zero-order chi connectivity index (χ0) is 13.0. The van der Waals surface area contributed by atoms with E-state index >= 15 is 0 Å². The lowest BCUT2D eigenvalue weighted by Crippen LogP contribution is -2.22. The van der Waals surface area contributed by atoms with Crippen molar-refractivity contribution < 1.29 is 0 Å². The van der Waals surface area contributed by atoms with Crippen molar-refractivity contribution in [3.63, 3.8) is 0 Å². The van der Waals surface area contributed by atoms with Crippen LogP contribution in [0, 0.1) is 0 Å². The van der Waals surface area contributed by atoms with Gasteiger partial charge in [-0.2, -0.15) is 5.10 Å². The molecule has 1 heterocycles. The summed E-state index contributed by atoms with van der Waals surface area (Å²) >= 11 is 0. The molecule has 2 N–H and O–H groups in total. The highest BCUT2D eigenvalue weighted by atomic mass is 15.2. The number of anilines is 1. The first-order valence-corrected chi connectivity index (χ1v) is 6.21. The second kappa shape index (κ2) is 5.69. The molecule has 2 aromatic rings. The molecule has 0 fully saturated rings. The van der Waals surface area contributed by atoms with E-state index in [1.54, 1.807) is 0 Å². The van der Waals surface area contributed by atoms with Crippen molar-refractivity contribution in [3.05, 3.63) is 47.8 Å². The smallest absolute Gasteiger partial charge is 0.0534 e. The van der Waals surface area contributed by atoms with Gasteiger partial charge in [-0.25, -0.2) is 0 Å². The normalized spacial score (nSPS) is 11.1. The summed E-state index contributed by atoms with van der Waals surface area (Å²) in [5.74, 6) is 0. The van der Waals surface area contributed by atoms with E-state index in [9.17, 15) is 0 Å². The number of hydrogen-bond donors (Lipinski definition) is 1. The van der Waals surface area contributed by atoms with E-state index in [2.05, 4.69) is 35.3 Å². The molecular formula is C14H20N4. The average Bonchev–Trinajstić information content (AvgIpc) is 2.77. The highest BCUT2D eigenvalue weighted by molar-refractivity contribution is 5.39. The van der Waals surface area contributed by atoms with Crippen molar-refractivity contribution >= 4 is 5.69 Å². The summed E-state index contributed by atoms with van der Waals surface area (Å²) in [4.78, 5) is 2.38. The highest BCUT2D eigenvalue weighted by Gasteiger charge is 2.06. The van der Waals surface area contributed by atoms with Gasteiger partial charge in [0.05, 0.1) is 6.20 Å². The van der Waals surface area contributed by atoms with Crippen molar-refractivity contribution in [2.24, 2.45) is 7.05 Å². The average molecular weight is 244 g/mol. The minimum Gasteiger partial charge on any atom is -0.399 e. The van der Waals surface area contributed by atoms with Crippen molar-refractivity contribution in [3.8, 4) is 0 Å². The van der Waals surface area contributed by atoms with Crippen LogP contribution in [0.2, 0.25) is 0 Å². The third-order valence-corrected chi connectivity index (χ3v) is 3.00. The minimum atomic E-state index is 0.814. The molecule has 96 valence electrons. The standard InChI is InChI=1S/C14H20N4/c1-3-18(11-13-8-16-17(2)9-13)10-12-4-6-14(15)7-5-12/h4-9H,3,10-11,15H2,1-2H3.